The van der Waals surface area contributed by atoms with Crippen LogP contribution >= 0.6 is 0 Å². The monoisotopic (exact) mass is 227 g/mol. The zero-order valence-corrected chi connectivity index (χ0v) is 10.8. The van der Waals surface area contributed by atoms with Crippen molar-refractivity contribution in [1.29, 1.82) is 0 Å². The number of ether oxygens (including phenoxy) is 1. The smallest absolute Gasteiger partial charge is 0.323 e. The predicted molar refractivity (Wildman–Crippen MR) is 65.3 cm³/mol. The van der Waals surface area contributed by atoms with Crippen LogP contribution in [-0.4, -0.2) is 25.2 Å². The molecule has 1 aliphatic carbocycles. The zero-order chi connectivity index (χ0) is 12.0. The van der Waals surface area contributed by atoms with Crippen molar-refractivity contribution in [2.75, 3.05) is 13.2 Å². The van der Waals surface area contributed by atoms with Gasteiger partial charge in [0.05, 0.1) is 6.61 Å². The molecule has 0 aromatic rings. The van der Waals surface area contributed by atoms with Gasteiger partial charge >= 0.3 is 5.97 Å². The highest BCUT2D eigenvalue weighted by Gasteiger charge is 2.41. The topological polar surface area (TPSA) is 38.3 Å². The van der Waals surface area contributed by atoms with Crippen molar-refractivity contribution in [3.05, 3.63) is 0 Å². The van der Waals surface area contributed by atoms with Gasteiger partial charge in [0.25, 0.3) is 0 Å². The van der Waals surface area contributed by atoms with Crippen LogP contribution in [0.15, 0.2) is 0 Å². The van der Waals surface area contributed by atoms with Gasteiger partial charge in [-0.05, 0) is 38.0 Å². The van der Waals surface area contributed by atoms with Gasteiger partial charge in [-0.1, -0.05) is 20.3 Å². The van der Waals surface area contributed by atoms with Gasteiger partial charge in [0.2, 0.25) is 0 Å². The molecule has 0 radical (unpaired) electrons. The fourth-order valence-corrected chi connectivity index (χ4v) is 2.20. The first-order valence-electron chi connectivity index (χ1n) is 6.57. The molecule has 3 nitrogen and oxygen atoms in total. The Morgan fingerprint density at radius 1 is 1.38 bits per heavy atom. The third-order valence-electron chi connectivity index (χ3n) is 3.44. The fraction of sp³-hybridized carbons (Fsp3) is 0.923. The Bertz CT molecular complexity index is 224. The maximum absolute atomic E-state index is 11.6. The molecule has 1 atom stereocenters. The lowest BCUT2D eigenvalue weighted by atomic mass is 10.0. The van der Waals surface area contributed by atoms with Crippen molar-refractivity contribution >= 4 is 5.97 Å². The number of nitrogens with one attached hydrogen (secondary N) is 1. The van der Waals surface area contributed by atoms with Gasteiger partial charge < -0.3 is 10.1 Å². The van der Waals surface area contributed by atoms with Gasteiger partial charge in [0.1, 0.15) is 6.04 Å². The standard InChI is InChI=1S/C13H25NO2/c1-4-7-13(8-9-13)10-14-11(5-2)12(15)16-6-3/h11,14H,4-10H2,1-3H3. The first-order valence-corrected chi connectivity index (χ1v) is 6.57. The molecule has 1 N–H and O–H groups in total. The molecule has 0 aromatic heterocycles. The molecular weight excluding hydrogens is 202 g/mol. The van der Waals surface area contributed by atoms with Crippen molar-refractivity contribution in [2.45, 2.75) is 58.9 Å². The van der Waals surface area contributed by atoms with E-state index < -0.39 is 0 Å². The molecule has 3 heteroatoms. The van der Waals surface area contributed by atoms with E-state index in [9.17, 15) is 4.79 Å². The van der Waals surface area contributed by atoms with E-state index in [2.05, 4.69) is 12.2 Å². The highest BCUT2D eigenvalue weighted by atomic mass is 16.5. The highest BCUT2D eigenvalue weighted by molar-refractivity contribution is 5.75. The van der Waals surface area contributed by atoms with Crippen LogP contribution in [0.3, 0.4) is 0 Å². The Morgan fingerprint density at radius 2 is 2.06 bits per heavy atom. The summed E-state index contributed by atoms with van der Waals surface area (Å²) in [5.74, 6) is -0.0997. The zero-order valence-electron chi connectivity index (χ0n) is 10.8. The molecule has 16 heavy (non-hydrogen) atoms. The van der Waals surface area contributed by atoms with E-state index in [4.69, 9.17) is 4.74 Å². The molecule has 1 aliphatic rings. The lowest BCUT2D eigenvalue weighted by Crippen LogP contribution is -2.40. The van der Waals surface area contributed by atoms with Gasteiger partial charge in [-0.2, -0.15) is 0 Å². The minimum Gasteiger partial charge on any atom is -0.465 e. The van der Waals surface area contributed by atoms with Crippen LogP contribution in [0.4, 0.5) is 0 Å². The number of esters is 1. The summed E-state index contributed by atoms with van der Waals surface area (Å²) in [6.45, 7) is 7.54. The summed E-state index contributed by atoms with van der Waals surface area (Å²) in [5.41, 5.74) is 0.495. The SMILES string of the molecule is CCCC1(CNC(CC)C(=O)OCC)CC1. The average molecular weight is 227 g/mol. The van der Waals surface area contributed by atoms with E-state index in [0.29, 0.717) is 12.0 Å². The molecule has 0 aromatic carbocycles. The summed E-state index contributed by atoms with van der Waals surface area (Å²) >= 11 is 0. The Balaban J connectivity index is 2.31. The van der Waals surface area contributed by atoms with E-state index in [1.807, 2.05) is 13.8 Å². The van der Waals surface area contributed by atoms with E-state index in [-0.39, 0.29) is 12.0 Å². The van der Waals surface area contributed by atoms with Gasteiger partial charge in [-0.15, -0.1) is 0 Å². The van der Waals surface area contributed by atoms with Crippen molar-refractivity contribution in [3.8, 4) is 0 Å². The molecular formula is C13H25NO2. The second-order valence-electron chi connectivity index (χ2n) is 4.84. The highest BCUT2D eigenvalue weighted by Crippen LogP contribution is 2.48. The Labute approximate surface area is 98.9 Å². The van der Waals surface area contributed by atoms with Gasteiger partial charge in [0.15, 0.2) is 0 Å². The fourth-order valence-electron chi connectivity index (χ4n) is 2.20. The normalized spacial score (nSPS) is 19.2. The molecule has 0 amide bonds. The molecule has 0 spiro atoms. The molecule has 1 fully saturated rings. The van der Waals surface area contributed by atoms with Crippen LogP contribution in [0.5, 0.6) is 0 Å². The van der Waals surface area contributed by atoms with Crippen molar-refractivity contribution in [2.24, 2.45) is 5.41 Å². The molecule has 1 rings (SSSR count). The van der Waals surface area contributed by atoms with E-state index >= 15 is 0 Å². The molecule has 0 saturated heterocycles. The minimum atomic E-state index is -0.116. The first kappa shape index (κ1) is 13.5. The summed E-state index contributed by atoms with van der Waals surface area (Å²) in [6.07, 6.45) is 5.94. The summed E-state index contributed by atoms with van der Waals surface area (Å²) in [4.78, 5) is 11.6. The molecule has 0 aliphatic heterocycles. The molecule has 1 unspecified atom stereocenters. The van der Waals surface area contributed by atoms with Crippen LogP contribution < -0.4 is 5.32 Å². The molecule has 0 heterocycles. The van der Waals surface area contributed by atoms with Crippen molar-refractivity contribution in [3.63, 3.8) is 0 Å². The van der Waals surface area contributed by atoms with Gasteiger partial charge in [-0.25, -0.2) is 0 Å². The number of carbonyl (C=O) groups excluding carboxylic acids is 1. The van der Waals surface area contributed by atoms with Crippen LogP contribution in [0.1, 0.15) is 52.9 Å². The van der Waals surface area contributed by atoms with E-state index in [1.165, 1.54) is 25.7 Å². The number of hydrogen-bond acceptors (Lipinski definition) is 3. The largest absolute Gasteiger partial charge is 0.465 e. The average Bonchev–Trinajstić information content (AvgIpc) is 3.00. The van der Waals surface area contributed by atoms with Crippen molar-refractivity contribution < 1.29 is 9.53 Å². The Kier molecular flexibility index (Phi) is 5.26. The number of hydrogen-bond donors (Lipinski definition) is 1. The summed E-state index contributed by atoms with van der Waals surface area (Å²) in [5, 5.41) is 3.37. The van der Waals surface area contributed by atoms with E-state index in [0.717, 1.165) is 13.0 Å². The second kappa shape index (κ2) is 6.24. The van der Waals surface area contributed by atoms with Crippen LogP contribution in [0.2, 0.25) is 0 Å². The van der Waals surface area contributed by atoms with Crippen LogP contribution in [0, 0.1) is 5.41 Å². The predicted octanol–water partition coefficient (Wildman–Crippen LogP) is 2.50. The summed E-state index contributed by atoms with van der Waals surface area (Å²) in [7, 11) is 0. The Hall–Kier alpha value is -0.570. The molecule has 94 valence electrons. The second-order valence-corrected chi connectivity index (χ2v) is 4.84. The molecule has 1 saturated carbocycles. The third-order valence-corrected chi connectivity index (χ3v) is 3.44. The third kappa shape index (κ3) is 3.78. The lowest BCUT2D eigenvalue weighted by Gasteiger charge is -2.20. The first-order chi connectivity index (χ1) is 7.67. The van der Waals surface area contributed by atoms with Crippen LogP contribution in [0.25, 0.3) is 0 Å². The number of carbonyl (C=O) groups is 1. The summed E-state index contributed by atoms with van der Waals surface area (Å²) < 4.78 is 5.04. The van der Waals surface area contributed by atoms with Gasteiger partial charge in [-0.3, -0.25) is 4.79 Å². The van der Waals surface area contributed by atoms with Crippen LogP contribution in [-0.2, 0) is 9.53 Å². The van der Waals surface area contributed by atoms with E-state index in [1.54, 1.807) is 0 Å². The Morgan fingerprint density at radius 3 is 2.50 bits per heavy atom. The molecule has 0 bridgehead atoms. The van der Waals surface area contributed by atoms with Crippen molar-refractivity contribution in [1.82, 2.24) is 5.32 Å². The maximum atomic E-state index is 11.6. The lowest BCUT2D eigenvalue weighted by molar-refractivity contribution is -0.145. The minimum absolute atomic E-state index is 0.0997. The van der Waals surface area contributed by atoms with Gasteiger partial charge in [0, 0.05) is 6.54 Å². The maximum Gasteiger partial charge on any atom is 0.323 e. The quantitative estimate of drug-likeness (QED) is 0.647. The summed E-state index contributed by atoms with van der Waals surface area (Å²) in [6, 6.07) is -0.116. The number of rotatable bonds is 8.